The summed E-state index contributed by atoms with van der Waals surface area (Å²) in [6.07, 6.45) is 0. The molecule has 0 fully saturated rings. The number of ether oxygens (including phenoxy) is 1. The molecule has 0 aliphatic heterocycles. The van der Waals surface area contributed by atoms with E-state index in [1.165, 1.54) is 0 Å². The summed E-state index contributed by atoms with van der Waals surface area (Å²) in [5.41, 5.74) is 0.690. The quantitative estimate of drug-likeness (QED) is 0.941. The number of nitrogens with one attached hydrogen (secondary N) is 1. The largest absolute Gasteiger partial charge is 0.481 e. The van der Waals surface area contributed by atoms with Crippen LogP contribution in [-0.2, 0) is 17.3 Å². The number of aryl methyl sites for hydroxylation is 1. The standard InChI is InChI=1S/C16H19F2N3O2/c1-16(2,3)13-8-14(21(4)20-13)19-15(22)9-23-12-6-5-10(17)7-11(12)18/h5-8H,9H2,1-4H3,(H,19,22). The highest BCUT2D eigenvalue weighted by atomic mass is 19.1. The predicted octanol–water partition coefficient (Wildman–Crippen LogP) is 3.01. The van der Waals surface area contributed by atoms with Gasteiger partial charge in [-0.2, -0.15) is 5.10 Å². The lowest BCUT2D eigenvalue weighted by atomic mass is 9.92. The van der Waals surface area contributed by atoms with Crippen LogP contribution in [-0.4, -0.2) is 22.3 Å². The molecule has 5 nitrogen and oxygen atoms in total. The van der Waals surface area contributed by atoms with Crippen molar-refractivity contribution >= 4 is 11.7 Å². The van der Waals surface area contributed by atoms with E-state index in [0.29, 0.717) is 11.9 Å². The molecule has 2 aromatic rings. The lowest BCUT2D eigenvalue weighted by Crippen LogP contribution is -2.21. The van der Waals surface area contributed by atoms with Crippen LogP contribution in [0.25, 0.3) is 0 Å². The van der Waals surface area contributed by atoms with Gasteiger partial charge in [0.15, 0.2) is 18.2 Å². The average molecular weight is 323 g/mol. The van der Waals surface area contributed by atoms with E-state index < -0.39 is 24.1 Å². The molecule has 0 radical (unpaired) electrons. The van der Waals surface area contributed by atoms with Gasteiger partial charge in [0, 0.05) is 24.6 Å². The second-order valence-corrected chi connectivity index (χ2v) is 6.20. The lowest BCUT2D eigenvalue weighted by molar-refractivity contribution is -0.118. The maximum absolute atomic E-state index is 13.4. The molecule has 7 heteroatoms. The Balaban J connectivity index is 1.99. The highest BCUT2D eigenvalue weighted by Crippen LogP contribution is 2.23. The first-order valence-electron chi connectivity index (χ1n) is 7.09. The molecule has 1 amide bonds. The Kier molecular flexibility index (Phi) is 4.68. The van der Waals surface area contributed by atoms with E-state index in [9.17, 15) is 13.6 Å². The van der Waals surface area contributed by atoms with Crippen molar-refractivity contribution in [3.63, 3.8) is 0 Å². The van der Waals surface area contributed by atoms with E-state index in [1.807, 2.05) is 20.8 Å². The predicted molar refractivity (Wildman–Crippen MR) is 82.4 cm³/mol. The number of benzene rings is 1. The van der Waals surface area contributed by atoms with Gasteiger partial charge in [-0.15, -0.1) is 0 Å². The monoisotopic (exact) mass is 323 g/mol. The van der Waals surface area contributed by atoms with Crippen molar-refractivity contribution in [1.29, 1.82) is 0 Å². The Morgan fingerprint density at radius 2 is 2.00 bits per heavy atom. The van der Waals surface area contributed by atoms with E-state index in [4.69, 9.17) is 4.74 Å². The molecular weight excluding hydrogens is 304 g/mol. The summed E-state index contributed by atoms with van der Waals surface area (Å²) in [7, 11) is 1.71. The first kappa shape index (κ1) is 16.9. The SMILES string of the molecule is Cn1nc(C(C)(C)C)cc1NC(=O)COc1ccc(F)cc1F. The van der Waals surface area contributed by atoms with Crippen molar-refractivity contribution in [2.75, 3.05) is 11.9 Å². The molecule has 23 heavy (non-hydrogen) atoms. The summed E-state index contributed by atoms with van der Waals surface area (Å²) in [5.74, 6) is -1.68. The maximum atomic E-state index is 13.4. The number of nitrogens with zero attached hydrogens (tertiary/aromatic N) is 2. The molecule has 0 aliphatic rings. The first-order chi connectivity index (χ1) is 10.7. The molecule has 124 valence electrons. The van der Waals surface area contributed by atoms with Crippen LogP contribution in [0.1, 0.15) is 26.5 Å². The van der Waals surface area contributed by atoms with Crippen LogP contribution < -0.4 is 10.1 Å². The number of halogens is 2. The third-order valence-corrected chi connectivity index (χ3v) is 3.17. The van der Waals surface area contributed by atoms with Crippen molar-refractivity contribution < 1.29 is 18.3 Å². The summed E-state index contributed by atoms with van der Waals surface area (Å²) >= 11 is 0. The third kappa shape index (κ3) is 4.28. The zero-order chi connectivity index (χ0) is 17.2. The molecule has 2 rings (SSSR count). The number of carbonyl (C=O) groups is 1. The fraction of sp³-hybridized carbons (Fsp3) is 0.375. The highest BCUT2D eigenvalue weighted by Gasteiger charge is 2.19. The number of amides is 1. The van der Waals surface area contributed by atoms with Gasteiger partial charge < -0.3 is 10.1 Å². The van der Waals surface area contributed by atoms with E-state index in [2.05, 4.69) is 10.4 Å². The molecule has 0 aliphatic carbocycles. The van der Waals surface area contributed by atoms with E-state index in [0.717, 1.165) is 17.8 Å². The van der Waals surface area contributed by atoms with E-state index in [1.54, 1.807) is 17.8 Å². The Morgan fingerprint density at radius 1 is 1.30 bits per heavy atom. The maximum Gasteiger partial charge on any atom is 0.263 e. The van der Waals surface area contributed by atoms with Gasteiger partial charge in [0.05, 0.1) is 5.69 Å². The van der Waals surface area contributed by atoms with Gasteiger partial charge >= 0.3 is 0 Å². The molecule has 1 heterocycles. The summed E-state index contributed by atoms with van der Waals surface area (Å²) in [6, 6.07) is 4.67. The van der Waals surface area contributed by atoms with Crippen molar-refractivity contribution in [3.8, 4) is 5.75 Å². The van der Waals surface area contributed by atoms with Crippen LogP contribution in [0.4, 0.5) is 14.6 Å². The summed E-state index contributed by atoms with van der Waals surface area (Å²) in [5, 5.41) is 6.98. The van der Waals surface area contributed by atoms with Crippen molar-refractivity contribution in [3.05, 3.63) is 41.6 Å². The van der Waals surface area contributed by atoms with Gasteiger partial charge in [-0.05, 0) is 12.1 Å². The zero-order valence-corrected chi connectivity index (χ0v) is 13.5. The molecule has 1 aromatic carbocycles. The van der Waals surface area contributed by atoms with Crippen molar-refractivity contribution in [1.82, 2.24) is 9.78 Å². The summed E-state index contributed by atoms with van der Waals surface area (Å²) < 4.78 is 32.8. The molecule has 0 bridgehead atoms. The number of hydrogen-bond donors (Lipinski definition) is 1. The topological polar surface area (TPSA) is 56.2 Å². The van der Waals surface area contributed by atoms with Crippen LogP contribution in [0.15, 0.2) is 24.3 Å². The van der Waals surface area contributed by atoms with E-state index in [-0.39, 0.29) is 11.2 Å². The van der Waals surface area contributed by atoms with Crippen LogP contribution >= 0.6 is 0 Å². The van der Waals surface area contributed by atoms with Crippen LogP contribution in [0.5, 0.6) is 5.75 Å². The molecule has 0 unspecified atom stereocenters. The second kappa shape index (κ2) is 6.36. The Morgan fingerprint density at radius 3 is 2.57 bits per heavy atom. The smallest absolute Gasteiger partial charge is 0.263 e. The number of hydrogen-bond acceptors (Lipinski definition) is 3. The molecule has 1 N–H and O–H groups in total. The number of rotatable bonds is 4. The van der Waals surface area contributed by atoms with Crippen LogP contribution in [0.3, 0.4) is 0 Å². The first-order valence-corrected chi connectivity index (χ1v) is 7.09. The van der Waals surface area contributed by atoms with Gasteiger partial charge in [-0.3, -0.25) is 9.48 Å². The van der Waals surface area contributed by atoms with Gasteiger partial charge in [0.25, 0.3) is 5.91 Å². The molecule has 0 spiro atoms. The van der Waals surface area contributed by atoms with Gasteiger partial charge in [0.1, 0.15) is 11.6 Å². The number of anilines is 1. The number of aromatic nitrogens is 2. The third-order valence-electron chi connectivity index (χ3n) is 3.17. The van der Waals surface area contributed by atoms with Gasteiger partial charge in [-0.25, -0.2) is 8.78 Å². The van der Waals surface area contributed by atoms with Gasteiger partial charge in [-0.1, -0.05) is 20.8 Å². The summed E-state index contributed by atoms with van der Waals surface area (Å²) in [4.78, 5) is 11.9. The minimum absolute atomic E-state index is 0.144. The fourth-order valence-electron chi connectivity index (χ4n) is 1.87. The normalized spacial score (nSPS) is 11.4. The van der Waals surface area contributed by atoms with Crippen LogP contribution in [0.2, 0.25) is 0 Å². The Labute approximate surface area is 133 Å². The Hall–Kier alpha value is -2.44. The van der Waals surface area contributed by atoms with Crippen molar-refractivity contribution in [2.45, 2.75) is 26.2 Å². The molecule has 0 saturated heterocycles. The van der Waals surface area contributed by atoms with E-state index >= 15 is 0 Å². The van der Waals surface area contributed by atoms with Crippen molar-refractivity contribution in [2.24, 2.45) is 7.05 Å². The highest BCUT2D eigenvalue weighted by molar-refractivity contribution is 5.91. The molecule has 1 aromatic heterocycles. The average Bonchev–Trinajstić information content (AvgIpc) is 2.79. The lowest BCUT2D eigenvalue weighted by Gasteiger charge is -2.13. The molecule has 0 saturated carbocycles. The van der Waals surface area contributed by atoms with Gasteiger partial charge in [0.2, 0.25) is 0 Å². The minimum atomic E-state index is -0.853. The fourth-order valence-corrected chi connectivity index (χ4v) is 1.87. The molecule has 0 atom stereocenters. The minimum Gasteiger partial charge on any atom is -0.481 e. The number of carbonyl (C=O) groups excluding carboxylic acids is 1. The zero-order valence-electron chi connectivity index (χ0n) is 13.5. The summed E-state index contributed by atoms with van der Waals surface area (Å²) in [6.45, 7) is 5.66. The van der Waals surface area contributed by atoms with Crippen LogP contribution in [0, 0.1) is 11.6 Å². The molecular formula is C16H19F2N3O2. The Bertz CT molecular complexity index is 721. The second-order valence-electron chi connectivity index (χ2n) is 6.20.